The summed E-state index contributed by atoms with van der Waals surface area (Å²) in [5.41, 5.74) is 0.421. The van der Waals surface area contributed by atoms with Crippen molar-refractivity contribution in [1.29, 1.82) is 0 Å². The third-order valence-electron chi connectivity index (χ3n) is 3.94. The van der Waals surface area contributed by atoms with Gasteiger partial charge in [0.15, 0.2) is 9.84 Å². The molecular weight excluding hydrogens is 346 g/mol. The zero-order valence-corrected chi connectivity index (χ0v) is 14.2. The Morgan fingerprint density at radius 2 is 1.88 bits per heavy atom. The molecule has 1 atom stereocenters. The molecule has 1 aromatic heterocycles. The number of hydrogen-bond acceptors (Lipinski definition) is 4. The summed E-state index contributed by atoms with van der Waals surface area (Å²) < 4.78 is 54.5. The lowest BCUT2D eigenvalue weighted by atomic mass is 10.0. The molecule has 130 valence electrons. The maximum Gasteiger partial charge on any atom is 0.190 e. The number of sulfone groups is 1. The fourth-order valence-corrected chi connectivity index (χ4v) is 4.48. The van der Waals surface area contributed by atoms with Gasteiger partial charge in [-0.1, -0.05) is 18.2 Å². The average Bonchev–Trinajstić information content (AvgIpc) is 3.00. The highest BCUT2D eigenvalue weighted by molar-refractivity contribution is 7.92. The second-order valence-corrected chi connectivity index (χ2v) is 7.69. The minimum Gasteiger partial charge on any atom is -0.316 e. The van der Waals surface area contributed by atoms with Gasteiger partial charge in [-0.3, -0.25) is 4.98 Å². The minimum atomic E-state index is -3.89. The molecule has 0 amide bonds. The van der Waals surface area contributed by atoms with Gasteiger partial charge in [0.1, 0.15) is 16.9 Å². The van der Waals surface area contributed by atoms with E-state index >= 15 is 0 Å². The number of nitrogens with zero attached hydrogens (tertiary/aromatic N) is 1. The largest absolute Gasteiger partial charge is 0.316 e. The Morgan fingerprint density at radius 3 is 2.48 bits per heavy atom. The van der Waals surface area contributed by atoms with Crippen LogP contribution in [0.25, 0.3) is 5.57 Å². The molecule has 1 aromatic carbocycles. The van der Waals surface area contributed by atoms with Crippen molar-refractivity contribution in [2.45, 2.75) is 10.1 Å². The number of halogens is 2. The Balaban J connectivity index is 2.15. The van der Waals surface area contributed by atoms with E-state index in [-0.39, 0.29) is 16.0 Å². The summed E-state index contributed by atoms with van der Waals surface area (Å²) in [6.45, 7) is 0.388. The Hall–Kier alpha value is -2.38. The van der Waals surface area contributed by atoms with Gasteiger partial charge in [-0.05, 0) is 42.5 Å². The van der Waals surface area contributed by atoms with Crippen molar-refractivity contribution in [3.05, 3.63) is 77.6 Å². The summed E-state index contributed by atoms with van der Waals surface area (Å²) >= 11 is 0. The van der Waals surface area contributed by atoms with Gasteiger partial charge >= 0.3 is 0 Å². The number of nitrogens with one attached hydrogen (secondary N) is 1. The van der Waals surface area contributed by atoms with Crippen molar-refractivity contribution < 1.29 is 17.2 Å². The number of pyridine rings is 1. The molecule has 0 radical (unpaired) electrons. The molecule has 4 nitrogen and oxygen atoms in total. The van der Waals surface area contributed by atoms with Crippen molar-refractivity contribution in [2.75, 3.05) is 13.6 Å². The summed E-state index contributed by atoms with van der Waals surface area (Å²) in [6, 6.07) is 6.40. The molecule has 3 rings (SSSR count). The van der Waals surface area contributed by atoms with Gasteiger partial charge in [-0.25, -0.2) is 17.2 Å². The van der Waals surface area contributed by atoms with E-state index in [1.165, 1.54) is 42.7 Å². The van der Waals surface area contributed by atoms with Crippen molar-refractivity contribution in [2.24, 2.45) is 0 Å². The first kappa shape index (κ1) is 17.4. The van der Waals surface area contributed by atoms with Crippen LogP contribution in [0.5, 0.6) is 0 Å². The molecule has 7 heteroatoms. The summed E-state index contributed by atoms with van der Waals surface area (Å²) in [5.74, 6) is -1.59. The molecule has 0 fully saturated rings. The third-order valence-corrected chi connectivity index (χ3v) is 5.90. The molecule has 0 spiro atoms. The molecule has 0 saturated heterocycles. The van der Waals surface area contributed by atoms with E-state index in [9.17, 15) is 17.2 Å². The maximum atomic E-state index is 14.3. The van der Waals surface area contributed by atoms with E-state index in [0.29, 0.717) is 12.1 Å². The van der Waals surface area contributed by atoms with Crippen LogP contribution in [0.15, 0.2) is 65.3 Å². The first-order valence-electron chi connectivity index (χ1n) is 7.60. The van der Waals surface area contributed by atoms with Gasteiger partial charge in [0, 0.05) is 18.9 Å². The van der Waals surface area contributed by atoms with Crippen molar-refractivity contribution in [1.82, 2.24) is 10.3 Å². The fraction of sp³-hybridized carbons (Fsp3) is 0.167. The molecule has 25 heavy (non-hydrogen) atoms. The van der Waals surface area contributed by atoms with Crippen LogP contribution in [-0.2, 0) is 9.84 Å². The molecule has 0 saturated carbocycles. The molecule has 1 unspecified atom stereocenters. The van der Waals surface area contributed by atoms with Crippen LogP contribution in [0.3, 0.4) is 0 Å². The number of hydrogen-bond donors (Lipinski definition) is 1. The lowest BCUT2D eigenvalue weighted by molar-refractivity contribution is 0.575. The van der Waals surface area contributed by atoms with Crippen molar-refractivity contribution in [3.8, 4) is 0 Å². The van der Waals surface area contributed by atoms with Crippen molar-refractivity contribution in [3.63, 3.8) is 0 Å². The molecule has 0 aliphatic heterocycles. The lowest BCUT2D eigenvalue weighted by Gasteiger charge is -2.16. The minimum absolute atomic E-state index is 0.00426. The molecular formula is C18H16F2N2O2S. The monoisotopic (exact) mass is 362 g/mol. The van der Waals surface area contributed by atoms with Crippen LogP contribution in [0.2, 0.25) is 0 Å². The van der Waals surface area contributed by atoms with Crippen LogP contribution in [-0.4, -0.2) is 32.2 Å². The van der Waals surface area contributed by atoms with Crippen molar-refractivity contribution >= 4 is 15.4 Å². The predicted molar refractivity (Wildman–Crippen MR) is 91.6 cm³/mol. The summed E-state index contributed by atoms with van der Waals surface area (Å²) in [5, 5.41) is 1.74. The summed E-state index contributed by atoms with van der Waals surface area (Å²) in [6.07, 6.45) is 5.73. The Bertz CT molecular complexity index is 934. The average molecular weight is 362 g/mol. The lowest BCUT2D eigenvalue weighted by Crippen LogP contribution is -2.21. The predicted octanol–water partition coefficient (Wildman–Crippen LogP) is 2.75. The van der Waals surface area contributed by atoms with E-state index in [1.54, 1.807) is 7.05 Å². The molecule has 1 N–H and O–H groups in total. The first-order chi connectivity index (χ1) is 11.9. The number of benzene rings is 1. The highest BCUT2D eigenvalue weighted by Gasteiger charge is 2.35. The topological polar surface area (TPSA) is 59.1 Å². The van der Waals surface area contributed by atoms with E-state index in [4.69, 9.17) is 0 Å². The van der Waals surface area contributed by atoms with Gasteiger partial charge < -0.3 is 5.32 Å². The van der Waals surface area contributed by atoms with E-state index in [1.807, 2.05) is 0 Å². The van der Waals surface area contributed by atoms with E-state index in [2.05, 4.69) is 10.3 Å². The normalized spacial score (nSPS) is 17.3. The zero-order valence-electron chi connectivity index (χ0n) is 13.4. The van der Waals surface area contributed by atoms with Gasteiger partial charge in [-0.15, -0.1) is 0 Å². The summed E-state index contributed by atoms with van der Waals surface area (Å²) in [7, 11) is -2.18. The highest BCUT2D eigenvalue weighted by atomic mass is 32.2. The number of likely N-dealkylation sites (N-methyl/N-ethyl adjacent to an activating group) is 1. The second-order valence-electron chi connectivity index (χ2n) is 5.62. The van der Waals surface area contributed by atoms with Gasteiger partial charge in [0.25, 0.3) is 0 Å². The molecule has 1 aliphatic rings. The van der Waals surface area contributed by atoms with Gasteiger partial charge in [0.2, 0.25) is 0 Å². The third kappa shape index (κ3) is 3.25. The fourth-order valence-electron chi connectivity index (χ4n) is 2.84. The van der Waals surface area contributed by atoms with E-state index in [0.717, 1.165) is 12.1 Å². The Kier molecular flexibility index (Phi) is 4.78. The smallest absolute Gasteiger partial charge is 0.190 e. The van der Waals surface area contributed by atoms with Crippen LogP contribution >= 0.6 is 0 Å². The quantitative estimate of drug-likeness (QED) is 0.889. The van der Waals surface area contributed by atoms with Crippen LogP contribution in [0, 0.1) is 11.6 Å². The van der Waals surface area contributed by atoms with Gasteiger partial charge in [0.05, 0.1) is 10.5 Å². The summed E-state index contributed by atoms with van der Waals surface area (Å²) in [4.78, 5) is 3.84. The first-order valence-corrected chi connectivity index (χ1v) is 9.15. The number of rotatable bonds is 5. The zero-order chi connectivity index (χ0) is 18.0. The van der Waals surface area contributed by atoms with Crippen LogP contribution < -0.4 is 5.32 Å². The Morgan fingerprint density at radius 1 is 1.16 bits per heavy atom. The Labute approximate surface area is 144 Å². The highest BCUT2D eigenvalue weighted by Crippen LogP contribution is 2.37. The molecule has 1 heterocycles. The molecule has 2 aromatic rings. The standard InChI is InChI=1S/C18H16F2N2O2S/c1-21-10-12-8-14(18-15(19)5-2-6-16(18)20)17(9-12)25(23,24)13-4-3-7-22-11-13/h2-9,11,17,21H,10H2,1H3. The SMILES string of the molecule is CNCC1=CC(S(=O)(=O)c2cccnc2)C(c2c(F)cccc2F)=C1. The van der Waals surface area contributed by atoms with Crippen LogP contribution in [0.4, 0.5) is 8.78 Å². The maximum absolute atomic E-state index is 14.3. The second kappa shape index (κ2) is 6.85. The van der Waals surface area contributed by atoms with Crippen LogP contribution in [0.1, 0.15) is 5.56 Å². The van der Waals surface area contributed by atoms with Gasteiger partial charge in [-0.2, -0.15) is 0 Å². The number of aromatic nitrogens is 1. The molecule has 0 bridgehead atoms. The molecule has 1 aliphatic carbocycles. The van der Waals surface area contributed by atoms with E-state index < -0.39 is 26.7 Å².